The molecule has 72 heavy (non-hydrogen) atoms. The Labute approximate surface area is 417 Å². The Morgan fingerprint density at radius 1 is 0.250 bits per heavy atom. The number of aromatic nitrogens is 2. The average Bonchev–Trinajstić information content (AvgIpc) is 3.96. The number of hydrogen-bond donors (Lipinski definition) is 0. The van der Waals surface area contributed by atoms with E-state index in [1.54, 1.807) is 0 Å². The van der Waals surface area contributed by atoms with Crippen molar-refractivity contribution >= 4 is 77.7 Å². The number of rotatable bonds is 12. The minimum absolute atomic E-state index is 0.640. The van der Waals surface area contributed by atoms with Gasteiger partial charge in [-0.1, -0.05) is 152 Å². The molecule has 13 aromatic rings. The Kier molecular flexibility index (Phi) is 10.7. The summed E-state index contributed by atoms with van der Waals surface area (Å²) in [5.74, 6) is 2.65. The highest BCUT2D eigenvalue weighted by molar-refractivity contribution is 6.18. The molecule has 0 fully saturated rings. The minimum atomic E-state index is 0.640. The van der Waals surface area contributed by atoms with E-state index < -0.39 is 0 Å². The largest absolute Gasteiger partial charge is 0.457 e. The minimum Gasteiger partial charge on any atom is -0.457 e. The fraction of sp³-hybridized carbons (Fsp3) is 0. The third kappa shape index (κ3) is 7.64. The lowest BCUT2D eigenvalue weighted by atomic mass is 10.1. The van der Waals surface area contributed by atoms with Gasteiger partial charge in [0.15, 0.2) is 0 Å². The van der Waals surface area contributed by atoms with E-state index in [1.807, 2.05) is 24.3 Å². The molecule has 0 spiro atoms. The summed E-state index contributed by atoms with van der Waals surface area (Å²) >= 11 is 0. The fourth-order valence-electron chi connectivity index (χ4n) is 10.3. The van der Waals surface area contributed by atoms with Crippen molar-refractivity contribution in [3.8, 4) is 34.4 Å². The Morgan fingerprint density at radius 3 is 0.931 bits per heavy atom. The van der Waals surface area contributed by atoms with Crippen LogP contribution in [0.2, 0.25) is 0 Å². The van der Waals surface area contributed by atoms with E-state index in [4.69, 9.17) is 9.47 Å². The highest BCUT2D eigenvalue weighted by Gasteiger charge is 2.25. The topological polar surface area (TPSA) is 34.8 Å². The van der Waals surface area contributed by atoms with Gasteiger partial charge in [0.25, 0.3) is 0 Å². The molecule has 0 bridgehead atoms. The summed E-state index contributed by atoms with van der Waals surface area (Å²) in [5.41, 5.74) is 12.5. The average molecular weight is 927 g/mol. The van der Waals surface area contributed by atoms with Crippen molar-refractivity contribution in [3.05, 3.63) is 279 Å². The maximum Gasteiger partial charge on any atom is 0.131 e. The van der Waals surface area contributed by atoms with Crippen LogP contribution in [0.25, 0.3) is 55.0 Å². The van der Waals surface area contributed by atoms with Crippen LogP contribution < -0.4 is 19.3 Å². The van der Waals surface area contributed by atoms with Crippen molar-refractivity contribution in [3.63, 3.8) is 0 Å². The number of para-hydroxylation sites is 8. The maximum atomic E-state index is 7.05. The molecule has 6 nitrogen and oxygen atoms in total. The molecule has 0 N–H and O–H groups in total. The fourth-order valence-corrected chi connectivity index (χ4v) is 10.3. The Balaban J connectivity index is 0.976. The van der Waals surface area contributed by atoms with Crippen LogP contribution in [0.1, 0.15) is 0 Å². The van der Waals surface area contributed by atoms with Gasteiger partial charge in [-0.2, -0.15) is 0 Å². The molecule has 342 valence electrons. The molecule has 0 radical (unpaired) electrons. The van der Waals surface area contributed by atoms with E-state index in [0.717, 1.165) is 89.1 Å². The number of benzene rings is 11. The third-order valence-electron chi connectivity index (χ3n) is 13.3. The van der Waals surface area contributed by atoms with E-state index in [0.29, 0.717) is 23.0 Å². The van der Waals surface area contributed by atoms with Crippen LogP contribution in [0, 0.1) is 0 Å². The second kappa shape index (κ2) is 18.3. The highest BCUT2D eigenvalue weighted by atomic mass is 16.5. The molecular formula is C66H46N4O2. The predicted molar refractivity (Wildman–Crippen MR) is 298 cm³/mol. The van der Waals surface area contributed by atoms with Crippen LogP contribution in [0.15, 0.2) is 279 Å². The second-order valence-electron chi connectivity index (χ2n) is 17.7. The van der Waals surface area contributed by atoms with Crippen LogP contribution in [0.3, 0.4) is 0 Å². The normalized spacial score (nSPS) is 11.3. The molecule has 2 aromatic heterocycles. The summed E-state index contributed by atoms with van der Waals surface area (Å²) < 4.78 is 18.8. The molecule has 2 heterocycles. The van der Waals surface area contributed by atoms with Gasteiger partial charge in [-0.3, -0.25) is 0 Å². The van der Waals surface area contributed by atoms with Gasteiger partial charge in [-0.05, 0) is 97.1 Å². The van der Waals surface area contributed by atoms with Crippen molar-refractivity contribution < 1.29 is 9.47 Å². The van der Waals surface area contributed by atoms with Gasteiger partial charge in [0.05, 0.1) is 33.4 Å². The van der Waals surface area contributed by atoms with Crippen molar-refractivity contribution in [2.24, 2.45) is 0 Å². The summed E-state index contributed by atoms with van der Waals surface area (Å²) in [6.45, 7) is 0. The van der Waals surface area contributed by atoms with Crippen molar-refractivity contribution in [2.75, 3.05) is 9.80 Å². The van der Waals surface area contributed by atoms with E-state index in [1.165, 1.54) is 0 Å². The number of fused-ring (bicyclic) bond motifs is 6. The van der Waals surface area contributed by atoms with Gasteiger partial charge < -0.3 is 28.4 Å². The predicted octanol–water partition coefficient (Wildman–Crippen LogP) is 18.4. The first-order valence-electron chi connectivity index (χ1n) is 24.2. The highest BCUT2D eigenvalue weighted by Crippen LogP contribution is 2.49. The Hall–Kier alpha value is -9.78. The summed E-state index contributed by atoms with van der Waals surface area (Å²) in [4.78, 5) is 4.65. The summed E-state index contributed by atoms with van der Waals surface area (Å²) in [7, 11) is 0. The number of hydrogen-bond acceptors (Lipinski definition) is 4. The van der Waals surface area contributed by atoms with E-state index in [2.05, 4.69) is 274 Å². The summed E-state index contributed by atoms with van der Waals surface area (Å²) in [6.07, 6.45) is 0. The van der Waals surface area contributed by atoms with Crippen molar-refractivity contribution in [1.82, 2.24) is 9.13 Å². The van der Waals surface area contributed by atoms with Gasteiger partial charge in [0, 0.05) is 86.0 Å². The smallest absolute Gasteiger partial charge is 0.131 e. The molecule has 0 unspecified atom stereocenters. The summed E-state index contributed by atoms with van der Waals surface area (Å²) in [5, 5.41) is 4.52. The van der Waals surface area contributed by atoms with Crippen LogP contribution in [-0.4, -0.2) is 9.13 Å². The van der Waals surface area contributed by atoms with Gasteiger partial charge in [0.1, 0.15) is 23.0 Å². The van der Waals surface area contributed by atoms with Crippen LogP contribution in [0.5, 0.6) is 23.0 Å². The molecule has 0 aliphatic rings. The molecule has 13 rings (SSSR count). The first kappa shape index (κ1) is 42.3. The first-order chi connectivity index (χ1) is 35.7. The molecule has 0 saturated carbocycles. The molecule has 0 atom stereocenters. The van der Waals surface area contributed by atoms with E-state index in [9.17, 15) is 0 Å². The van der Waals surface area contributed by atoms with E-state index >= 15 is 0 Å². The molecule has 0 aliphatic carbocycles. The van der Waals surface area contributed by atoms with Crippen LogP contribution in [0.4, 0.5) is 34.1 Å². The van der Waals surface area contributed by atoms with Gasteiger partial charge in [0.2, 0.25) is 0 Å². The molecule has 6 heteroatoms. The maximum absolute atomic E-state index is 7.05. The number of anilines is 6. The zero-order valence-corrected chi connectivity index (χ0v) is 39.2. The zero-order chi connectivity index (χ0) is 47.8. The Bertz CT molecular complexity index is 3690. The summed E-state index contributed by atoms with van der Waals surface area (Å²) in [6, 6.07) is 97.2. The SMILES string of the molecule is c1ccc(N(c2ccccc2)c2cc(Oc3cccc(Oc4cc(N(c5ccccc5)c5ccccc5)c5c6ccccc6n(-c6ccccc6)c5c4)c3)cc3c2c2ccccc2n3-c2ccccc2)cc1. The zero-order valence-electron chi connectivity index (χ0n) is 39.2. The standard InChI is InChI=1S/C66H46N4O2/c1-7-24-47(25-8-1)67(48-26-9-2-10-27-48)61-43-55(45-63-65(61)57-38-19-21-40-59(57)69(63)51-32-15-5-16-33-51)71-53-36-23-37-54(42-53)72-56-44-62(68(49-28-11-3-12-29-49)50-30-13-4-14-31-50)66-58-39-20-22-41-60(58)70(64(66)46-56)52-34-17-6-18-35-52/h1-46H. The van der Waals surface area contributed by atoms with Crippen molar-refractivity contribution in [1.29, 1.82) is 0 Å². The van der Waals surface area contributed by atoms with E-state index in [-0.39, 0.29) is 0 Å². The lowest BCUT2D eigenvalue weighted by molar-refractivity contribution is 0.461. The molecule has 0 amide bonds. The lowest BCUT2D eigenvalue weighted by Gasteiger charge is -2.27. The van der Waals surface area contributed by atoms with Crippen LogP contribution >= 0.6 is 0 Å². The lowest BCUT2D eigenvalue weighted by Crippen LogP contribution is -2.10. The van der Waals surface area contributed by atoms with Crippen LogP contribution in [-0.2, 0) is 0 Å². The third-order valence-corrected chi connectivity index (χ3v) is 13.3. The quantitative estimate of drug-likeness (QED) is 0.122. The Morgan fingerprint density at radius 2 is 0.569 bits per heavy atom. The number of ether oxygens (including phenoxy) is 2. The first-order valence-corrected chi connectivity index (χ1v) is 24.2. The molecule has 0 saturated heterocycles. The molecule has 0 aliphatic heterocycles. The van der Waals surface area contributed by atoms with Gasteiger partial charge >= 0.3 is 0 Å². The molecular weight excluding hydrogens is 881 g/mol. The monoisotopic (exact) mass is 926 g/mol. The van der Waals surface area contributed by atoms with Gasteiger partial charge in [-0.15, -0.1) is 0 Å². The number of nitrogens with zero attached hydrogens (tertiary/aromatic N) is 4. The second-order valence-corrected chi connectivity index (χ2v) is 17.7. The van der Waals surface area contributed by atoms with Crippen molar-refractivity contribution in [2.45, 2.75) is 0 Å². The van der Waals surface area contributed by atoms with Gasteiger partial charge in [-0.25, -0.2) is 0 Å². The molecule has 11 aromatic carbocycles.